The minimum Gasteiger partial charge on any atom is -0.387 e. The molecule has 0 aromatic heterocycles. The number of anilines is 1. The molecule has 0 saturated heterocycles. The lowest BCUT2D eigenvalue weighted by Gasteiger charge is -2.12. The monoisotopic (exact) mass is 338 g/mol. The second kappa shape index (κ2) is 9.62. The molecule has 0 radical (unpaired) electrons. The zero-order valence-electron chi connectivity index (χ0n) is 15.0. The fourth-order valence-corrected chi connectivity index (χ4v) is 2.91. The van der Waals surface area contributed by atoms with E-state index < -0.39 is 0 Å². The van der Waals surface area contributed by atoms with E-state index in [9.17, 15) is 10.1 Å². The molecule has 25 heavy (non-hydrogen) atoms. The molecule has 2 aromatic carbocycles. The van der Waals surface area contributed by atoms with Crippen LogP contribution in [0.5, 0.6) is 0 Å². The van der Waals surface area contributed by atoms with E-state index in [0.29, 0.717) is 0 Å². The van der Waals surface area contributed by atoms with Crippen LogP contribution in [0, 0.1) is 10.1 Å². The highest BCUT2D eigenvalue weighted by atomic mass is 16.6. The van der Waals surface area contributed by atoms with Gasteiger partial charge in [0.2, 0.25) is 0 Å². The Bertz CT molecular complexity index is 721. The maximum absolute atomic E-state index is 10.7. The Morgan fingerprint density at radius 3 is 2.44 bits per heavy atom. The summed E-state index contributed by atoms with van der Waals surface area (Å²) in [5.41, 5.74) is 4.69. The molecule has 2 aromatic rings. The van der Waals surface area contributed by atoms with E-state index in [-0.39, 0.29) is 10.6 Å². The van der Waals surface area contributed by atoms with Crippen LogP contribution in [0.2, 0.25) is 0 Å². The molecule has 0 heterocycles. The van der Waals surface area contributed by atoms with Crippen LogP contribution < -0.4 is 5.32 Å². The Hall–Kier alpha value is -2.62. The number of para-hydroxylation sites is 1. The molecule has 0 atom stereocenters. The number of hydrogen-bond donors (Lipinski definition) is 1. The molecule has 0 unspecified atom stereocenters. The number of aryl methyl sites for hydroxylation is 1. The number of rotatable bonds is 9. The Kier molecular flexibility index (Phi) is 7.20. The Balaban J connectivity index is 2.13. The molecule has 0 fully saturated rings. The van der Waals surface area contributed by atoms with Gasteiger partial charge in [-0.15, -0.1) is 0 Å². The average Bonchev–Trinajstić information content (AvgIpc) is 2.63. The number of non-ortho nitro benzene ring substituents is 1. The van der Waals surface area contributed by atoms with Crippen molar-refractivity contribution in [2.45, 2.75) is 39.0 Å². The minimum absolute atomic E-state index is 0.113. The van der Waals surface area contributed by atoms with Crippen LogP contribution in [0.3, 0.4) is 0 Å². The number of nitro benzene ring substituents is 1. The summed E-state index contributed by atoms with van der Waals surface area (Å²) in [5, 5.41) is 14.0. The van der Waals surface area contributed by atoms with Crippen molar-refractivity contribution in [2.75, 3.05) is 12.4 Å². The highest BCUT2D eigenvalue weighted by Crippen LogP contribution is 2.25. The molecule has 0 spiro atoms. The predicted octanol–water partition coefficient (Wildman–Crippen LogP) is 5.93. The van der Waals surface area contributed by atoms with Crippen LogP contribution in [-0.4, -0.2) is 12.0 Å². The van der Waals surface area contributed by atoms with Gasteiger partial charge in [-0.05, 0) is 41.7 Å². The molecule has 0 aliphatic heterocycles. The van der Waals surface area contributed by atoms with Crippen LogP contribution in [0.1, 0.15) is 49.3 Å². The molecule has 0 aliphatic rings. The first-order chi connectivity index (χ1) is 12.2. The van der Waals surface area contributed by atoms with Gasteiger partial charge in [-0.25, -0.2) is 0 Å². The molecule has 2 rings (SSSR count). The fourth-order valence-electron chi connectivity index (χ4n) is 2.91. The summed E-state index contributed by atoms with van der Waals surface area (Å²) in [4.78, 5) is 10.3. The summed E-state index contributed by atoms with van der Waals surface area (Å²) >= 11 is 0. The SMILES string of the molecule is CCCCCCc1cccc(C=Cc2ccc([N+](=O)[O-])cc2)c1NC. The van der Waals surface area contributed by atoms with Crippen molar-refractivity contribution in [2.24, 2.45) is 0 Å². The zero-order valence-corrected chi connectivity index (χ0v) is 15.0. The molecule has 0 bridgehead atoms. The number of unbranched alkanes of at least 4 members (excludes halogenated alkanes) is 3. The van der Waals surface area contributed by atoms with Gasteiger partial charge in [-0.1, -0.05) is 56.5 Å². The van der Waals surface area contributed by atoms with Gasteiger partial charge in [-0.2, -0.15) is 0 Å². The normalized spacial score (nSPS) is 11.0. The molecule has 0 aliphatic carbocycles. The molecule has 0 amide bonds. The quantitative estimate of drug-likeness (QED) is 0.267. The van der Waals surface area contributed by atoms with Crippen molar-refractivity contribution < 1.29 is 4.92 Å². The van der Waals surface area contributed by atoms with Crippen molar-refractivity contribution >= 4 is 23.5 Å². The third kappa shape index (κ3) is 5.45. The first kappa shape index (κ1) is 18.7. The van der Waals surface area contributed by atoms with Gasteiger partial charge in [0.1, 0.15) is 0 Å². The van der Waals surface area contributed by atoms with E-state index >= 15 is 0 Å². The first-order valence-electron chi connectivity index (χ1n) is 8.88. The third-order valence-electron chi connectivity index (χ3n) is 4.29. The first-order valence-corrected chi connectivity index (χ1v) is 8.88. The largest absolute Gasteiger partial charge is 0.387 e. The van der Waals surface area contributed by atoms with Crippen LogP contribution in [0.15, 0.2) is 42.5 Å². The van der Waals surface area contributed by atoms with Crippen LogP contribution in [0.25, 0.3) is 12.2 Å². The van der Waals surface area contributed by atoms with E-state index in [1.165, 1.54) is 43.4 Å². The smallest absolute Gasteiger partial charge is 0.269 e. The number of nitrogens with one attached hydrogen (secondary N) is 1. The topological polar surface area (TPSA) is 55.2 Å². The van der Waals surface area contributed by atoms with Crippen molar-refractivity contribution in [3.8, 4) is 0 Å². The maximum atomic E-state index is 10.7. The lowest BCUT2D eigenvalue weighted by atomic mass is 10.00. The second-order valence-electron chi connectivity index (χ2n) is 6.12. The van der Waals surface area contributed by atoms with Crippen LogP contribution >= 0.6 is 0 Å². The summed E-state index contributed by atoms with van der Waals surface area (Å²) in [7, 11) is 1.95. The highest BCUT2D eigenvalue weighted by molar-refractivity contribution is 5.78. The number of nitrogens with zero attached hydrogens (tertiary/aromatic N) is 1. The van der Waals surface area contributed by atoms with Gasteiger partial charge in [0, 0.05) is 24.9 Å². The minimum atomic E-state index is -0.380. The molecule has 4 nitrogen and oxygen atoms in total. The third-order valence-corrected chi connectivity index (χ3v) is 4.29. The van der Waals surface area contributed by atoms with E-state index in [4.69, 9.17) is 0 Å². The average molecular weight is 338 g/mol. The number of hydrogen-bond acceptors (Lipinski definition) is 3. The van der Waals surface area contributed by atoms with Gasteiger partial charge in [0.25, 0.3) is 5.69 Å². The molecular formula is C21H26N2O2. The van der Waals surface area contributed by atoms with Gasteiger partial charge >= 0.3 is 0 Å². The number of nitro groups is 1. The summed E-state index contributed by atoms with van der Waals surface area (Å²) in [6.45, 7) is 2.22. The van der Waals surface area contributed by atoms with E-state index in [2.05, 4.69) is 36.5 Å². The molecule has 1 N–H and O–H groups in total. The Morgan fingerprint density at radius 1 is 1.04 bits per heavy atom. The van der Waals surface area contributed by atoms with Crippen molar-refractivity contribution in [1.29, 1.82) is 0 Å². The number of benzene rings is 2. The highest BCUT2D eigenvalue weighted by Gasteiger charge is 2.06. The summed E-state index contributed by atoms with van der Waals surface area (Å²) in [5.74, 6) is 0. The van der Waals surface area contributed by atoms with Gasteiger partial charge in [0.05, 0.1) is 4.92 Å². The molecule has 0 saturated carbocycles. The van der Waals surface area contributed by atoms with Crippen LogP contribution in [0.4, 0.5) is 11.4 Å². The van der Waals surface area contributed by atoms with Gasteiger partial charge in [-0.3, -0.25) is 10.1 Å². The van der Waals surface area contributed by atoms with Crippen molar-refractivity contribution in [3.63, 3.8) is 0 Å². The Labute approximate surface area is 149 Å². The molecule has 132 valence electrons. The summed E-state index contributed by atoms with van der Waals surface area (Å²) in [6, 6.07) is 13.0. The van der Waals surface area contributed by atoms with Gasteiger partial charge < -0.3 is 5.32 Å². The fraction of sp³-hybridized carbons (Fsp3) is 0.333. The van der Waals surface area contributed by atoms with E-state index in [0.717, 1.165) is 23.2 Å². The lowest BCUT2D eigenvalue weighted by molar-refractivity contribution is -0.384. The predicted molar refractivity (Wildman–Crippen MR) is 106 cm³/mol. The van der Waals surface area contributed by atoms with E-state index in [1.54, 1.807) is 12.1 Å². The zero-order chi connectivity index (χ0) is 18.1. The standard InChI is InChI=1S/C21H26N2O2/c1-3-4-5-6-8-18-9-7-10-19(21(18)22-2)14-11-17-12-15-20(16-13-17)23(24)25/h7,9-16,22H,3-6,8H2,1-2H3. The van der Waals surface area contributed by atoms with Crippen molar-refractivity contribution in [1.82, 2.24) is 0 Å². The molecule has 4 heteroatoms. The lowest BCUT2D eigenvalue weighted by Crippen LogP contribution is -1.98. The second-order valence-corrected chi connectivity index (χ2v) is 6.12. The van der Waals surface area contributed by atoms with Gasteiger partial charge in [0.15, 0.2) is 0 Å². The summed E-state index contributed by atoms with van der Waals surface area (Å²) in [6.07, 6.45) is 10.1. The van der Waals surface area contributed by atoms with E-state index in [1.807, 2.05) is 13.1 Å². The molecular weight excluding hydrogens is 312 g/mol. The van der Waals surface area contributed by atoms with Crippen molar-refractivity contribution in [3.05, 3.63) is 69.3 Å². The Morgan fingerprint density at radius 2 is 1.80 bits per heavy atom. The maximum Gasteiger partial charge on any atom is 0.269 e. The van der Waals surface area contributed by atoms with Crippen LogP contribution in [-0.2, 0) is 6.42 Å². The summed E-state index contributed by atoms with van der Waals surface area (Å²) < 4.78 is 0.